The lowest BCUT2D eigenvalue weighted by atomic mass is 9.94. The summed E-state index contributed by atoms with van der Waals surface area (Å²) in [5, 5.41) is 0. The standard InChI is InChI=1S/C22H37FSi/c1-3-4-5-16-24-17-14-22(15-18-24)13-12-21-10-8-20(9-11-21)7-6-19(2)23/h8-11,19,22,24H,3-7,12-18H2,1-2H3. The highest BCUT2D eigenvalue weighted by molar-refractivity contribution is 6.58. The van der Waals surface area contributed by atoms with Crippen LogP contribution >= 0.6 is 0 Å². The van der Waals surface area contributed by atoms with Crippen LogP contribution in [0.15, 0.2) is 24.3 Å². The van der Waals surface area contributed by atoms with Crippen molar-refractivity contribution in [2.75, 3.05) is 0 Å². The summed E-state index contributed by atoms with van der Waals surface area (Å²) in [5.74, 6) is 0.979. The van der Waals surface area contributed by atoms with Crippen LogP contribution in [0.3, 0.4) is 0 Å². The number of hydrogen-bond donors (Lipinski definition) is 0. The van der Waals surface area contributed by atoms with Crippen molar-refractivity contribution < 1.29 is 4.39 Å². The van der Waals surface area contributed by atoms with E-state index in [2.05, 4.69) is 31.2 Å². The fraction of sp³-hybridized carbons (Fsp3) is 0.727. The van der Waals surface area contributed by atoms with Gasteiger partial charge in [-0.15, -0.1) is 0 Å². The van der Waals surface area contributed by atoms with Gasteiger partial charge in [-0.2, -0.15) is 0 Å². The maximum Gasteiger partial charge on any atom is 0.0976 e. The van der Waals surface area contributed by atoms with Crippen LogP contribution in [0.25, 0.3) is 0 Å². The van der Waals surface area contributed by atoms with Crippen LogP contribution in [0.4, 0.5) is 4.39 Å². The number of halogens is 1. The molecule has 1 fully saturated rings. The molecule has 2 rings (SSSR count). The average Bonchev–Trinajstić information content (AvgIpc) is 2.60. The first-order chi connectivity index (χ1) is 11.7. The van der Waals surface area contributed by atoms with E-state index in [9.17, 15) is 4.39 Å². The van der Waals surface area contributed by atoms with Gasteiger partial charge >= 0.3 is 0 Å². The monoisotopic (exact) mass is 348 g/mol. The molecule has 1 heterocycles. The zero-order valence-corrected chi connectivity index (χ0v) is 17.1. The second kappa shape index (κ2) is 11.1. The Kier molecular flexibility index (Phi) is 9.08. The molecule has 0 amide bonds. The lowest BCUT2D eigenvalue weighted by Gasteiger charge is -2.27. The minimum Gasteiger partial charge on any atom is -0.248 e. The summed E-state index contributed by atoms with van der Waals surface area (Å²) in [6.07, 6.45) is 10.8. The van der Waals surface area contributed by atoms with Gasteiger partial charge in [0.15, 0.2) is 0 Å². The highest BCUT2D eigenvalue weighted by Crippen LogP contribution is 2.31. The third kappa shape index (κ3) is 7.50. The molecule has 0 aromatic heterocycles. The minimum atomic E-state index is -0.690. The maximum absolute atomic E-state index is 12.9. The van der Waals surface area contributed by atoms with E-state index in [0.717, 1.165) is 12.3 Å². The molecule has 1 aromatic rings. The normalized spacial score (nSPS) is 22.5. The lowest BCUT2D eigenvalue weighted by Crippen LogP contribution is -2.21. The number of unbranched alkanes of at least 4 members (excludes halogenated alkanes) is 2. The summed E-state index contributed by atoms with van der Waals surface area (Å²) in [4.78, 5) is 0. The van der Waals surface area contributed by atoms with Crippen LogP contribution < -0.4 is 0 Å². The van der Waals surface area contributed by atoms with Gasteiger partial charge in [0.25, 0.3) is 0 Å². The van der Waals surface area contributed by atoms with E-state index in [4.69, 9.17) is 0 Å². The van der Waals surface area contributed by atoms with Gasteiger partial charge in [-0.05, 0) is 49.7 Å². The number of aryl methyl sites for hydroxylation is 2. The van der Waals surface area contributed by atoms with Gasteiger partial charge < -0.3 is 0 Å². The van der Waals surface area contributed by atoms with Crippen LogP contribution in [-0.4, -0.2) is 15.0 Å². The Bertz CT molecular complexity index is 432. The first-order valence-corrected chi connectivity index (χ1v) is 12.8. The average molecular weight is 349 g/mol. The third-order valence-electron chi connectivity index (χ3n) is 5.88. The number of hydrogen-bond acceptors (Lipinski definition) is 0. The van der Waals surface area contributed by atoms with Crippen molar-refractivity contribution in [1.82, 2.24) is 0 Å². The van der Waals surface area contributed by atoms with E-state index < -0.39 is 6.17 Å². The molecule has 136 valence electrons. The van der Waals surface area contributed by atoms with Crippen molar-refractivity contribution in [1.29, 1.82) is 0 Å². The summed E-state index contributed by atoms with van der Waals surface area (Å²) in [6, 6.07) is 13.8. The van der Waals surface area contributed by atoms with Crippen molar-refractivity contribution in [3.8, 4) is 0 Å². The molecule has 0 bridgehead atoms. The van der Waals surface area contributed by atoms with Gasteiger partial charge in [0.05, 0.1) is 6.17 Å². The van der Waals surface area contributed by atoms with Crippen LogP contribution in [0.1, 0.15) is 69.9 Å². The maximum atomic E-state index is 12.9. The Morgan fingerprint density at radius 3 is 2.25 bits per heavy atom. The summed E-state index contributed by atoms with van der Waals surface area (Å²) >= 11 is 0. The highest BCUT2D eigenvalue weighted by Gasteiger charge is 2.21. The van der Waals surface area contributed by atoms with Crippen molar-refractivity contribution in [2.45, 2.75) is 95.9 Å². The molecule has 1 atom stereocenters. The first kappa shape index (κ1) is 19.7. The SMILES string of the molecule is CCCCC[SiH]1CCC(CCc2ccc(CCC(C)F)cc2)CC1. The molecule has 1 aliphatic rings. The first-order valence-electron chi connectivity index (χ1n) is 10.4. The Hall–Kier alpha value is -0.633. The van der Waals surface area contributed by atoms with E-state index in [1.807, 2.05) is 0 Å². The molecule has 0 spiro atoms. The molecule has 1 aromatic carbocycles. The van der Waals surface area contributed by atoms with Crippen LogP contribution in [0.2, 0.25) is 18.1 Å². The van der Waals surface area contributed by atoms with Crippen molar-refractivity contribution in [3.63, 3.8) is 0 Å². The fourth-order valence-corrected chi connectivity index (χ4v) is 7.72. The molecule has 0 radical (unpaired) electrons. The lowest BCUT2D eigenvalue weighted by molar-refractivity contribution is 0.341. The van der Waals surface area contributed by atoms with Crippen molar-refractivity contribution in [3.05, 3.63) is 35.4 Å². The van der Waals surface area contributed by atoms with E-state index in [1.54, 1.807) is 25.1 Å². The van der Waals surface area contributed by atoms with Crippen LogP contribution in [-0.2, 0) is 12.8 Å². The van der Waals surface area contributed by atoms with E-state index >= 15 is 0 Å². The topological polar surface area (TPSA) is 0 Å². The number of alkyl halides is 1. The Balaban J connectivity index is 1.63. The Morgan fingerprint density at radius 2 is 1.67 bits per heavy atom. The molecule has 1 aliphatic heterocycles. The van der Waals surface area contributed by atoms with E-state index in [-0.39, 0.29) is 8.80 Å². The molecule has 24 heavy (non-hydrogen) atoms. The summed E-state index contributed by atoms with van der Waals surface area (Å²) in [6.45, 7) is 3.96. The smallest absolute Gasteiger partial charge is 0.0976 e. The molecule has 0 N–H and O–H groups in total. The number of benzene rings is 1. The third-order valence-corrected chi connectivity index (χ3v) is 9.40. The van der Waals surface area contributed by atoms with E-state index in [1.165, 1.54) is 56.1 Å². The highest BCUT2D eigenvalue weighted by atomic mass is 28.3. The minimum absolute atomic E-state index is 0.349. The molecular weight excluding hydrogens is 311 g/mol. The van der Waals surface area contributed by atoms with Crippen molar-refractivity contribution in [2.24, 2.45) is 5.92 Å². The van der Waals surface area contributed by atoms with Crippen LogP contribution in [0, 0.1) is 5.92 Å². The fourth-order valence-electron chi connectivity index (χ4n) is 4.10. The van der Waals surface area contributed by atoms with Crippen molar-refractivity contribution >= 4 is 8.80 Å². The zero-order chi connectivity index (χ0) is 17.2. The van der Waals surface area contributed by atoms with E-state index in [0.29, 0.717) is 6.42 Å². The second-order valence-electron chi connectivity index (χ2n) is 8.06. The molecule has 1 saturated heterocycles. The van der Waals surface area contributed by atoms with Gasteiger partial charge in [0.2, 0.25) is 0 Å². The molecule has 0 nitrogen and oxygen atoms in total. The van der Waals surface area contributed by atoms with Gasteiger partial charge in [-0.1, -0.05) is 81.4 Å². The summed E-state index contributed by atoms with van der Waals surface area (Å²) in [5.41, 5.74) is 2.75. The largest absolute Gasteiger partial charge is 0.248 e. The predicted molar refractivity (Wildman–Crippen MR) is 107 cm³/mol. The van der Waals surface area contributed by atoms with Gasteiger partial charge in [-0.25, -0.2) is 4.39 Å². The zero-order valence-electron chi connectivity index (χ0n) is 15.9. The summed E-state index contributed by atoms with van der Waals surface area (Å²) in [7, 11) is -0.349. The molecular formula is C22H37FSi. The quantitative estimate of drug-likeness (QED) is 0.324. The predicted octanol–water partition coefficient (Wildman–Crippen LogP) is 6.74. The molecule has 1 unspecified atom stereocenters. The Morgan fingerprint density at radius 1 is 1.04 bits per heavy atom. The molecule has 0 saturated carbocycles. The Labute approximate surface area is 150 Å². The van der Waals surface area contributed by atoms with Gasteiger partial charge in [0.1, 0.15) is 0 Å². The van der Waals surface area contributed by atoms with Gasteiger partial charge in [-0.3, -0.25) is 0 Å². The summed E-state index contributed by atoms with van der Waals surface area (Å²) < 4.78 is 12.9. The number of rotatable bonds is 10. The van der Waals surface area contributed by atoms with Crippen LogP contribution in [0.5, 0.6) is 0 Å². The molecule has 2 heteroatoms. The molecule has 0 aliphatic carbocycles. The second-order valence-corrected chi connectivity index (χ2v) is 11.5. The van der Waals surface area contributed by atoms with Gasteiger partial charge in [0, 0.05) is 8.80 Å².